The number of rotatable bonds is 9. The highest BCUT2D eigenvalue weighted by Gasteiger charge is 2.09. The topological polar surface area (TPSA) is 43.7 Å². The van der Waals surface area contributed by atoms with Gasteiger partial charge in [0.1, 0.15) is 0 Å². The summed E-state index contributed by atoms with van der Waals surface area (Å²) in [6.45, 7) is 11.8. The van der Waals surface area contributed by atoms with Gasteiger partial charge in [-0.25, -0.2) is 0 Å². The average Bonchev–Trinajstić information content (AvgIpc) is 2.15. The molecule has 0 aliphatic heterocycles. The Hall–Kier alpha value is -0.120. The SMILES string of the molecule is CC(C)CCN(CCC(C)C)CCC(O)O. The van der Waals surface area contributed by atoms with E-state index in [1.807, 2.05) is 0 Å². The van der Waals surface area contributed by atoms with E-state index in [4.69, 9.17) is 10.2 Å². The maximum absolute atomic E-state index is 8.88. The Morgan fingerprint density at radius 2 is 1.12 bits per heavy atom. The summed E-state index contributed by atoms with van der Waals surface area (Å²) in [5.41, 5.74) is 0. The molecule has 0 aromatic rings. The molecule has 0 amide bonds. The summed E-state index contributed by atoms with van der Waals surface area (Å²) in [4.78, 5) is 2.35. The lowest BCUT2D eigenvalue weighted by atomic mass is 10.1. The zero-order chi connectivity index (χ0) is 12.6. The summed E-state index contributed by atoms with van der Waals surface area (Å²) in [6, 6.07) is 0. The van der Waals surface area contributed by atoms with Crippen LogP contribution >= 0.6 is 0 Å². The van der Waals surface area contributed by atoms with Gasteiger partial charge in [-0.3, -0.25) is 0 Å². The van der Waals surface area contributed by atoms with Crippen molar-refractivity contribution in [3.8, 4) is 0 Å². The Morgan fingerprint density at radius 3 is 1.44 bits per heavy atom. The number of nitrogens with zero attached hydrogens (tertiary/aromatic N) is 1. The molecule has 0 bridgehead atoms. The second-order valence-corrected chi connectivity index (χ2v) is 5.48. The Morgan fingerprint density at radius 1 is 0.750 bits per heavy atom. The summed E-state index contributed by atoms with van der Waals surface area (Å²) in [6.07, 6.45) is 1.65. The van der Waals surface area contributed by atoms with Gasteiger partial charge in [0, 0.05) is 13.0 Å². The van der Waals surface area contributed by atoms with Gasteiger partial charge < -0.3 is 15.1 Å². The van der Waals surface area contributed by atoms with Crippen LogP contribution < -0.4 is 0 Å². The van der Waals surface area contributed by atoms with Gasteiger partial charge in [-0.15, -0.1) is 0 Å². The van der Waals surface area contributed by atoms with Gasteiger partial charge in [-0.05, 0) is 37.8 Å². The fourth-order valence-corrected chi connectivity index (χ4v) is 1.52. The van der Waals surface area contributed by atoms with Gasteiger partial charge in [0.15, 0.2) is 6.29 Å². The van der Waals surface area contributed by atoms with E-state index >= 15 is 0 Å². The van der Waals surface area contributed by atoms with Crippen LogP contribution in [0.1, 0.15) is 47.0 Å². The molecule has 16 heavy (non-hydrogen) atoms. The molecule has 0 atom stereocenters. The van der Waals surface area contributed by atoms with Crippen LogP contribution in [0.5, 0.6) is 0 Å². The number of hydrogen-bond acceptors (Lipinski definition) is 3. The van der Waals surface area contributed by atoms with Crippen LogP contribution in [0.2, 0.25) is 0 Å². The third kappa shape index (κ3) is 10.4. The summed E-state index contributed by atoms with van der Waals surface area (Å²) in [5.74, 6) is 1.42. The molecule has 0 heterocycles. The Balaban J connectivity index is 3.85. The third-order valence-electron chi connectivity index (χ3n) is 2.75. The molecule has 3 heteroatoms. The molecule has 0 aliphatic carbocycles. The molecule has 0 saturated heterocycles. The lowest BCUT2D eigenvalue weighted by Gasteiger charge is -2.24. The van der Waals surface area contributed by atoms with E-state index in [0.29, 0.717) is 18.3 Å². The lowest BCUT2D eigenvalue weighted by Crippen LogP contribution is -2.30. The van der Waals surface area contributed by atoms with Crippen molar-refractivity contribution in [1.82, 2.24) is 4.90 Å². The smallest absolute Gasteiger partial charge is 0.152 e. The van der Waals surface area contributed by atoms with Crippen LogP contribution in [-0.2, 0) is 0 Å². The number of aliphatic hydroxyl groups excluding tert-OH is 1. The highest BCUT2D eigenvalue weighted by atomic mass is 16.5. The zero-order valence-corrected chi connectivity index (χ0v) is 11.3. The number of hydrogen-bond donors (Lipinski definition) is 2. The maximum atomic E-state index is 8.88. The van der Waals surface area contributed by atoms with Crippen molar-refractivity contribution in [2.24, 2.45) is 11.8 Å². The van der Waals surface area contributed by atoms with E-state index in [9.17, 15) is 0 Å². The minimum Gasteiger partial charge on any atom is -0.368 e. The molecule has 0 saturated carbocycles. The minimum absolute atomic E-state index is 0.455. The standard InChI is InChI=1S/C13H29NO2/c1-11(2)5-8-14(9-6-12(3)4)10-7-13(15)16/h11-13,15-16H,5-10H2,1-4H3. The van der Waals surface area contributed by atoms with Crippen molar-refractivity contribution in [1.29, 1.82) is 0 Å². The van der Waals surface area contributed by atoms with Gasteiger partial charge in [0.2, 0.25) is 0 Å². The van der Waals surface area contributed by atoms with Crippen molar-refractivity contribution in [3.05, 3.63) is 0 Å². The van der Waals surface area contributed by atoms with Crippen LogP contribution in [0, 0.1) is 11.8 Å². The molecule has 0 unspecified atom stereocenters. The zero-order valence-electron chi connectivity index (χ0n) is 11.3. The van der Waals surface area contributed by atoms with Gasteiger partial charge in [-0.2, -0.15) is 0 Å². The fraction of sp³-hybridized carbons (Fsp3) is 1.00. The molecule has 2 N–H and O–H groups in total. The Bertz CT molecular complexity index is 129. The lowest BCUT2D eigenvalue weighted by molar-refractivity contribution is -0.0505. The average molecular weight is 231 g/mol. The van der Waals surface area contributed by atoms with E-state index < -0.39 is 6.29 Å². The van der Waals surface area contributed by atoms with E-state index in [1.54, 1.807) is 0 Å². The van der Waals surface area contributed by atoms with E-state index in [0.717, 1.165) is 19.6 Å². The van der Waals surface area contributed by atoms with E-state index in [-0.39, 0.29) is 0 Å². The van der Waals surface area contributed by atoms with Crippen LogP contribution in [0.15, 0.2) is 0 Å². The molecule has 0 fully saturated rings. The quantitative estimate of drug-likeness (QED) is 0.597. The molecule has 98 valence electrons. The van der Waals surface area contributed by atoms with Crippen molar-refractivity contribution < 1.29 is 10.2 Å². The predicted molar refractivity (Wildman–Crippen MR) is 68.2 cm³/mol. The highest BCUT2D eigenvalue weighted by molar-refractivity contribution is 4.61. The van der Waals surface area contributed by atoms with Crippen molar-refractivity contribution in [2.45, 2.75) is 53.2 Å². The predicted octanol–water partition coefficient (Wildman–Crippen LogP) is 2.08. The summed E-state index contributed by atoms with van der Waals surface area (Å²) in [5, 5.41) is 17.8. The normalized spacial score (nSPS) is 12.4. The summed E-state index contributed by atoms with van der Waals surface area (Å²) in [7, 11) is 0. The number of aliphatic hydroxyl groups is 2. The van der Waals surface area contributed by atoms with Gasteiger partial charge in [0.25, 0.3) is 0 Å². The Kier molecular flexibility index (Phi) is 8.90. The molecule has 0 aliphatic rings. The molecule has 0 rings (SSSR count). The van der Waals surface area contributed by atoms with Crippen LogP contribution in [0.4, 0.5) is 0 Å². The molecular weight excluding hydrogens is 202 g/mol. The van der Waals surface area contributed by atoms with Gasteiger partial charge in [0.05, 0.1) is 0 Å². The molecular formula is C13H29NO2. The molecule has 0 radical (unpaired) electrons. The fourth-order valence-electron chi connectivity index (χ4n) is 1.52. The molecule has 0 aromatic heterocycles. The largest absolute Gasteiger partial charge is 0.368 e. The summed E-state index contributed by atoms with van der Waals surface area (Å²) >= 11 is 0. The van der Waals surface area contributed by atoms with Gasteiger partial charge >= 0.3 is 0 Å². The second kappa shape index (κ2) is 8.97. The van der Waals surface area contributed by atoms with Crippen LogP contribution in [0.25, 0.3) is 0 Å². The first-order valence-electron chi connectivity index (χ1n) is 6.50. The van der Waals surface area contributed by atoms with Crippen molar-refractivity contribution >= 4 is 0 Å². The first-order valence-corrected chi connectivity index (χ1v) is 6.50. The van der Waals surface area contributed by atoms with E-state index in [1.165, 1.54) is 12.8 Å². The highest BCUT2D eigenvalue weighted by Crippen LogP contribution is 2.07. The third-order valence-corrected chi connectivity index (χ3v) is 2.75. The van der Waals surface area contributed by atoms with Crippen LogP contribution in [-0.4, -0.2) is 41.0 Å². The van der Waals surface area contributed by atoms with Crippen LogP contribution in [0.3, 0.4) is 0 Å². The maximum Gasteiger partial charge on any atom is 0.152 e. The first kappa shape index (κ1) is 15.9. The van der Waals surface area contributed by atoms with Gasteiger partial charge in [-0.1, -0.05) is 27.7 Å². The molecule has 0 spiro atoms. The van der Waals surface area contributed by atoms with Crippen molar-refractivity contribution in [2.75, 3.05) is 19.6 Å². The molecule has 3 nitrogen and oxygen atoms in total. The monoisotopic (exact) mass is 231 g/mol. The van der Waals surface area contributed by atoms with Crippen molar-refractivity contribution in [3.63, 3.8) is 0 Å². The second-order valence-electron chi connectivity index (χ2n) is 5.48. The summed E-state index contributed by atoms with van der Waals surface area (Å²) < 4.78 is 0. The Labute approximate surface area is 100 Å². The molecule has 0 aromatic carbocycles. The minimum atomic E-state index is -1.17. The van der Waals surface area contributed by atoms with E-state index in [2.05, 4.69) is 32.6 Å². The first-order chi connectivity index (χ1) is 7.41.